The van der Waals surface area contributed by atoms with E-state index in [9.17, 15) is 14.0 Å². The SMILES string of the molecule is COc1ccccc1CN(C(=O)c1cnccn1)[C@H](C(=O)Nc1ccc(F)cc1)c1ccccc1. The second kappa shape index (κ2) is 11.0. The van der Waals surface area contributed by atoms with E-state index < -0.39 is 23.7 Å². The van der Waals surface area contributed by atoms with Crippen molar-refractivity contribution in [3.8, 4) is 5.75 Å². The van der Waals surface area contributed by atoms with Crippen LogP contribution in [0.5, 0.6) is 5.75 Å². The second-order valence-electron chi connectivity index (χ2n) is 7.64. The Hall–Kier alpha value is -4.59. The van der Waals surface area contributed by atoms with Gasteiger partial charge in [-0.05, 0) is 35.9 Å². The van der Waals surface area contributed by atoms with Gasteiger partial charge in [-0.2, -0.15) is 0 Å². The number of halogens is 1. The number of carbonyl (C=O) groups excluding carboxylic acids is 2. The Bertz CT molecular complexity index is 1280. The number of aromatic nitrogens is 2. The molecular formula is C27H23FN4O3. The number of hydrogen-bond donors (Lipinski definition) is 1. The van der Waals surface area contributed by atoms with Crippen molar-refractivity contribution in [1.82, 2.24) is 14.9 Å². The fourth-order valence-electron chi connectivity index (χ4n) is 3.71. The van der Waals surface area contributed by atoms with E-state index in [4.69, 9.17) is 4.74 Å². The zero-order valence-corrected chi connectivity index (χ0v) is 19.0. The van der Waals surface area contributed by atoms with Crippen LogP contribution in [0.4, 0.5) is 10.1 Å². The van der Waals surface area contributed by atoms with Crippen LogP contribution in [0, 0.1) is 5.82 Å². The van der Waals surface area contributed by atoms with E-state index in [0.717, 1.165) is 0 Å². The molecule has 0 aliphatic rings. The summed E-state index contributed by atoms with van der Waals surface area (Å²) in [6, 6.07) is 20.6. The van der Waals surface area contributed by atoms with Gasteiger partial charge in [-0.25, -0.2) is 9.37 Å². The molecule has 1 atom stereocenters. The van der Waals surface area contributed by atoms with Crippen molar-refractivity contribution < 1.29 is 18.7 Å². The number of benzene rings is 3. The highest BCUT2D eigenvalue weighted by Gasteiger charge is 2.33. The molecule has 4 aromatic rings. The molecule has 1 N–H and O–H groups in total. The van der Waals surface area contributed by atoms with Crippen LogP contribution in [0.15, 0.2) is 97.5 Å². The number of nitrogens with zero attached hydrogens (tertiary/aromatic N) is 3. The maximum atomic E-state index is 13.7. The summed E-state index contributed by atoms with van der Waals surface area (Å²) in [6.07, 6.45) is 4.25. The monoisotopic (exact) mass is 470 g/mol. The first-order valence-electron chi connectivity index (χ1n) is 10.9. The summed E-state index contributed by atoms with van der Waals surface area (Å²) in [5.74, 6) is -0.782. The van der Waals surface area contributed by atoms with E-state index in [2.05, 4.69) is 15.3 Å². The molecule has 7 nitrogen and oxygen atoms in total. The van der Waals surface area contributed by atoms with Gasteiger partial charge in [0.25, 0.3) is 11.8 Å². The Labute approximate surface area is 202 Å². The molecule has 176 valence electrons. The second-order valence-corrected chi connectivity index (χ2v) is 7.64. The summed E-state index contributed by atoms with van der Waals surface area (Å²) in [5, 5.41) is 2.80. The highest BCUT2D eigenvalue weighted by molar-refractivity contribution is 6.00. The third kappa shape index (κ3) is 5.67. The van der Waals surface area contributed by atoms with Crippen molar-refractivity contribution in [2.75, 3.05) is 12.4 Å². The minimum absolute atomic E-state index is 0.0653. The molecule has 0 fully saturated rings. The largest absolute Gasteiger partial charge is 0.496 e. The summed E-state index contributed by atoms with van der Waals surface area (Å²) in [5.41, 5.74) is 1.81. The van der Waals surface area contributed by atoms with Gasteiger partial charge in [-0.3, -0.25) is 14.6 Å². The molecule has 0 spiro atoms. The van der Waals surface area contributed by atoms with Crippen molar-refractivity contribution in [1.29, 1.82) is 0 Å². The normalized spacial score (nSPS) is 11.4. The predicted octanol–water partition coefficient (Wildman–Crippen LogP) is 4.65. The molecule has 0 aliphatic heterocycles. The third-order valence-electron chi connectivity index (χ3n) is 5.36. The van der Waals surface area contributed by atoms with Gasteiger partial charge in [-0.15, -0.1) is 0 Å². The van der Waals surface area contributed by atoms with Crippen LogP contribution in [0.1, 0.15) is 27.7 Å². The lowest BCUT2D eigenvalue weighted by molar-refractivity contribution is -0.121. The third-order valence-corrected chi connectivity index (χ3v) is 5.36. The van der Waals surface area contributed by atoms with E-state index in [0.29, 0.717) is 22.6 Å². The Balaban J connectivity index is 1.79. The quantitative estimate of drug-likeness (QED) is 0.405. The molecule has 2 amide bonds. The average Bonchev–Trinajstić information content (AvgIpc) is 2.90. The Morgan fingerprint density at radius 3 is 2.37 bits per heavy atom. The van der Waals surface area contributed by atoms with Crippen LogP contribution in [0.2, 0.25) is 0 Å². The fourth-order valence-corrected chi connectivity index (χ4v) is 3.71. The van der Waals surface area contributed by atoms with Crippen LogP contribution < -0.4 is 10.1 Å². The number of anilines is 1. The minimum Gasteiger partial charge on any atom is -0.496 e. The molecule has 0 saturated heterocycles. The number of rotatable bonds is 8. The molecule has 0 radical (unpaired) electrons. The molecular weight excluding hydrogens is 447 g/mol. The molecule has 4 rings (SSSR count). The Kier molecular flexibility index (Phi) is 7.42. The van der Waals surface area contributed by atoms with Gasteiger partial charge < -0.3 is 15.0 Å². The maximum Gasteiger partial charge on any atom is 0.275 e. The van der Waals surface area contributed by atoms with Crippen LogP contribution >= 0.6 is 0 Å². The van der Waals surface area contributed by atoms with E-state index in [1.165, 1.54) is 47.8 Å². The fraction of sp³-hybridized carbons (Fsp3) is 0.111. The maximum absolute atomic E-state index is 13.7. The van der Waals surface area contributed by atoms with Crippen LogP contribution in [0.25, 0.3) is 0 Å². The van der Waals surface area contributed by atoms with Gasteiger partial charge in [0.05, 0.1) is 19.9 Å². The lowest BCUT2D eigenvalue weighted by atomic mass is 10.0. The number of methoxy groups -OCH3 is 1. The van der Waals surface area contributed by atoms with Crippen molar-refractivity contribution in [3.63, 3.8) is 0 Å². The first-order chi connectivity index (χ1) is 17.1. The molecule has 35 heavy (non-hydrogen) atoms. The smallest absolute Gasteiger partial charge is 0.275 e. The van der Waals surface area contributed by atoms with Crippen molar-refractivity contribution >= 4 is 17.5 Å². The summed E-state index contributed by atoms with van der Waals surface area (Å²) >= 11 is 0. The average molecular weight is 471 g/mol. The number of carbonyl (C=O) groups is 2. The number of ether oxygens (including phenoxy) is 1. The van der Waals surface area contributed by atoms with E-state index in [1.54, 1.807) is 37.4 Å². The molecule has 3 aromatic carbocycles. The standard InChI is InChI=1S/C27H23FN4O3/c1-35-24-10-6-5-9-20(24)18-32(27(34)23-17-29-15-16-30-23)25(19-7-3-2-4-8-19)26(33)31-22-13-11-21(28)12-14-22/h2-17,25H,18H2,1H3,(H,31,33)/t25-/m0/s1. The van der Waals surface area contributed by atoms with Gasteiger partial charge in [0.2, 0.25) is 0 Å². The molecule has 1 aromatic heterocycles. The summed E-state index contributed by atoms with van der Waals surface area (Å²) in [6.45, 7) is 0.0653. The van der Waals surface area contributed by atoms with Gasteiger partial charge in [0, 0.05) is 23.6 Å². The van der Waals surface area contributed by atoms with E-state index in [1.807, 2.05) is 24.3 Å². The van der Waals surface area contributed by atoms with E-state index >= 15 is 0 Å². The molecule has 8 heteroatoms. The predicted molar refractivity (Wildman–Crippen MR) is 129 cm³/mol. The highest BCUT2D eigenvalue weighted by atomic mass is 19.1. The van der Waals surface area contributed by atoms with Gasteiger partial charge in [-0.1, -0.05) is 48.5 Å². The van der Waals surface area contributed by atoms with Crippen molar-refractivity contribution in [2.45, 2.75) is 12.6 Å². The summed E-state index contributed by atoms with van der Waals surface area (Å²) < 4.78 is 18.9. The van der Waals surface area contributed by atoms with Crippen LogP contribution in [-0.2, 0) is 11.3 Å². The van der Waals surface area contributed by atoms with Crippen molar-refractivity contribution in [2.24, 2.45) is 0 Å². The minimum atomic E-state index is -1.03. The van der Waals surface area contributed by atoms with Crippen LogP contribution in [-0.4, -0.2) is 33.8 Å². The number of nitrogens with one attached hydrogen (secondary N) is 1. The molecule has 0 bridgehead atoms. The van der Waals surface area contributed by atoms with Gasteiger partial charge in [0.1, 0.15) is 23.3 Å². The van der Waals surface area contributed by atoms with Crippen molar-refractivity contribution in [3.05, 3.63) is 120 Å². The van der Waals surface area contributed by atoms with Gasteiger partial charge >= 0.3 is 0 Å². The number of para-hydroxylation sites is 1. The molecule has 0 saturated carbocycles. The van der Waals surface area contributed by atoms with E-state index in [-0.39, 0.29) is 12.2 Å². The Morgan fingerprint density at radius 2 is 1.69 bits per heavy atom. The number of amides is 2. The zero-order chi connectivity index (χ0) is 24.6. The first kappa shape index (κ1) is 23.6. The summed E-state index contributed by atoms with van der Waals surface area (Å²) in [4.78, 5) is 37.0. The molecule has 1 heterocycles. The first-order valence-corrected chi connectivity index (χ1v) is 10.9. The molecule has 0 unspecified atom stereocenters. The van der Waals surface area contributed by atoms with Crippen LogP contribution in [0.3, 0.4) is 0 Å². The topological polar surface area (TPSA) is 84.4 Å². The Morgan fingerprint density at radius 1 is 0.971 bits per heavy atom. The lowest BCUT2D eigenvalue weighted by Gasteiger charge is -2.31. The zero-order valence-electron chi connectivity index (χ0n) is 19.0. The lowest BCUT2D eigenvalue weighted by Crippen LogP contribution is -2.41. The highest BCUT2D eigenvalue weighted by Crippen LogP contribution is 2.29. The molecule has 0 aliphatic carbocycles. The van der Waals surface area contributed by atoms with Gasteiger partial charge in [0.15, 0.2) is 0 Å². The summed E-state index contributed by atoms with van der Waals surface area (Å²) in [7, 11) is 1.55. The number of hydrogen-bond acceptors (Lipinski definition) is 5.